The molecule has 0 radical (unpaired) electrons. The van der Waals surface area contributed by atoms with E-state index in [0.717, 1.165) is 31.8 Å². The lowest BCUT2D eigenvalue weighted by molar-refractivity contribution is 0.182. The van der Waals surface area contributed by atoms with Gasteiger partial charge in [-0.15, -0.1) is 11.8 Å². The molecule has 1 N–H and O–H groups in total. The first kappa shape index (κ1) is 16.7. The Hall–Kier alpha value is -1.72. The monoisotopic (exact) mass is 359 g/mol. The lowest BCUT2D eigenvalue weighted by Gasteiger charge is -2.19. The first-order chi connectivity index (χ1) is 12.2. The zero-order valence-electron chi connectivity index (χ0n) is 14.0. The van der Waals surface area contributed by atoms with Crippen LogP contribution in [-0.2, 0) is 0 Å². The van der Waals surface area contributed by atoms with Crippen LogP contribution in [0.1, 0.15) is 12.8 Å². The number of likely N-dealkylation sites (tertiary alicyclic amines) is 1. The van der Waals surface area contributed by atoms with Crippen LogP contribution in [-0.4, -0.2) is 35.1 Å². The highest BCUT2D eigenvalue weighted by molar-refractivity contribution is 7.99. The average molecular weight is 359 g/mol. The molecule has 0 spiro atoms. The van der Waals surface area contributed by atoms with E-state index in [4.69, 9.17) is 4.74 Å². The summed E-state index contributed by atoms with van der Waals surface area (Å²) in [7, 11) is 0. The summed E-state index contributed by atoms with van der Waals surface area (Å²) in [4.78, 5) is 3.67. The molecule has 1 unspecified atom stereocenters. The lowest BCUT2D eigenvalue weighted by Crippen LogP contribution is -2.24. The van der Waals surface area contributed by atoms with Crippen molar-refractivity contribution in [1.29, 1.82) is 0 Å². The van der Waals surface area contributed by atoms with Crippen LogP contribution in [0.25, 0.3) is 0 Å². The van der Waals surface area contributed by atoms with Crippen molar-refractivity contribution in [2.75, 3.05) is 19.0 Å². The number of thioether (sulfide) groups is 1. The highest BCUT2D eigenvalue weighted by Crippen LogP contribution is 2.40. The molecule has 1 heterocycles. The fourth-order valence-electron chi connectivity index (χ4n) is 3.97. The Morgan fingerprint density at radius 3 is 2.40 bits per heavy atom. The number of ether oxygens (including phenoxy) is 1. The number of rotatable bonds is 5. The van der Waals surface area contributed by atoms with E-state index in [2.05, 4.69) is 4.90 Å². The molecular weight excluding hydrogens is 337 g/mol. The summed E-state index contributed by atoms with van der Waals surface area (Å²) in [6.45, 7) is 2.18. The minimum Gasteiger partial charge on any atom is -0.508 e. The van der Waals surface area contributed by atoms with Crippen molar-refractivity contribution < 1.29 is 14.2 Å². The fraction of sp³-hybridized carbons (Fsp3) is 0.400. The number of hydrogen-bond donors (Lipinski definition) is 1. The summed E-state index contributed by atoms with van der Waals surface area (Å²) in [6, 6.07) is 14.0. The van der Waals surface area contributed by atoms with Crippen molar-refractivity contribution in [1.82, 2.24) is 4.90 Å². The quantitative estimate of drug-likeness (QED) is 0.804. The second kappa shape index (κ2) is 7.26. The Kier molecular flexibility index (Phi) is 4.86. The predicted octanol–water partition coefficient (Wildman–Crippen LogP) is 4.37. The van der Waals surface area contributed by atoms with Gasteiger partial charge < -0.3 is 9.84 Å². The molecule has 3 atom stereocenters. The van der Waals surface area contributed by atoms with Crippen LogP contribution >= 0.6 is 11.8 Å². The van der Waals surface area contributed by atoms with E-state index in [0.29, 0.717) is 23.3 Å². The predicted molar refractivity (Wildman–Crippen MR) is 97.4 cm³/mol. The van der Waals surface area contributed by atoms with Gasteiger partial charge in [0.25, 0.3) is 0 Å². The number of benzene rings is 2. The van der Waals surface area contributed by atoms with Crippen molar-refractivity contribution in [3.8, 4) is 11.5 Å². The molecule has 132 valence electrons. The zero-order chi connectivity index (χ0) is 17.2. The van der Waals surface area contributed by atoms with Gasteiger partial charge in [0.1, 0.15) is 5.75 Å². The van der Waals surface area contributed by atoms with Gasteiger partial charge in [0.05, 0.1) is 6.10 Å². The lowest BCUT2D eigenvalue weighted by atomic mass is 10.0. The summed E-state index contributed by atoms with van der Waals surface area (Å²) >= 11 is 1.80. The second-order valence-electron chi connectivity index (χ2n) is 6.97. The molecule has 2 aromatic carbocycles. The van der Waals surface area contributed by atoms with Gasteiger partial charge in [0.15, 0.2) is 11.6 Å². The number of halogens is 1. The van der Waals surface area contributed by atoms with E-state index >= 15 is 0 Å². The molecule has 1 aliphatic heterocycles. The maximum Gasteiger partial charge on any atom is 0.165 e. The number of aromatic hydroxyl groups is 1. The number of para-hydroxylation sites is 1. The van der Waals surface area contributed by atoms with Crippen LogP contribution in [0.2, 0.25) is 0 Å². The Labute approximate surface area is 151 Å². The Morgan fingerprint density at radius 1 is 1.04 bits per heavy atom. The molecule has 2 aliphatic rings. The van der Waals surface area contributed by atoms with Crippen LogP contribution in [0.15, 0.2) is 53.4 Å². The van der Waals surface area contributed by atoms with Crippen LogP contribution in [0, 0.1) is 17.7 Å². The van der Waals surface area contributed by atoms with Crippen LogP contribution in [0.5, 0.6) is 11.5 Å². The van der Waals surface area contributed by atoms with E-state index < -0.39 is 0 Å². The van der Waals surface area contributed by atoms with Crippen LogP contribution in [0.3, 0.4) is 0 Å². The third-order valence-electron chi connectivity index (χ3n) is 5.16. The van der Waals surface area contributed by atoms with Crippen molar-refractivity contribution in [2.45, 2.75) is 23.8 Å². The number of phenols is 1. The molecule has 0 amide bonds. The third kappa shape index (κ3) is 3.93. The topological polar surface area (TPSA) is 32.7 Å². The minimum absolute atomic E-state index is 0.138. The standard InChI is InChI=1S/C20H22FNO2S/c21-19-3-1-2-4-20(19)24-17-9-14-11-22(12-15(14)10-17)13-25-18-7-5-16(23)6-8-18/h1-8,14-15,17,23H,9-13H2/t14-,15+,17?. The summed E-state index contributed by atoms with van der Waals surface area (Å²) in [5.41, 5.74) is 0. The summed E-state index contributed by atoms with van der Waals surface area (Å²) in [5.74, 6) is 2.69. The minimum atomic E-state index is -0.272. The van der Waals surface area contributed by atoms with Gasteiger partial charge in [-0.3, -0.25) is 4.90 Å². The second-order valence-corrected chi connectivity index (χ2v) is 7.98. The van der Waals surface area contributed by atoms with Crippen LogP contribution < -0.4 is 4.74 Å². The molecule has 0 bridgehead atoms. The molecule has 2 aromatic rings. The van der Waals surface area contributed by atoms with Gasteiger partial charge in [0.2, 0.25) is 0 Å². The summed E-state index contributed by atoms with van der Waals surface area (Å²) in [6.07, 6.45) is 2.16. The van der Waals surface area contributed by atoms with Crippen molar-refractivity contribution >= 4 is 11.8 Å². The maximum atomic E-state index is 13.7. The van der Waals surface area contributed by atoms with Gasteiger partial charge in [-0.05, 0) is 61.1 Å². The molecular formula is C20H22FNO2S. The SMILES string of the molecule is Oc1ccc(SCN2C[C@H]3CC(Oc4ccccc4F)C[C@H]3C2)cc1. The van der Waals surface area contributed by atoms with Gasteiger partial charge in [0, 0.05) is 23.9 Å². The number of fused-ring (bicyclic) bond motifs is 1. The molecule has 1 saturated heterocycles. The molecule has 5 heteroatoms. The normalized spacial score (nSPS) is 25.9. The van der Waals surface area contributed by atoms with Gasteiger partial charge in [-0.25, -0.2) is 4.39 Å². The number of phenolic OH excluding ortho intramolecular Hbond substituents is 1. The van der Waals surface area contributed by atoms with Crippen molar-refractivity contribution in [2.24, 2.45) is 11.8 Å². The highest BCUT2D eigenvalue weighted by Gasteiger charge is 2.41. The zero-order valence-corrected chi connectivity index (χ0v) is 14.8. The van der Waals surface area contributed by atoms with Crippen molar-refractivity contribution in [3.05, 3.63) is 54.3 Å². The molecule has 1 saturated carbocycles. The Morgan fingerprint density at radius 2 is 1.72 bits per heavy atom. The third-order valence-corrected chi connectivity index (χ3v) is 6.26. The van der Waals surface area contributed by atoms with Gasteiger partial charge in [-0.1, -0.05) is 12.1 Å². The average Bonchev–Trinajstić information content (AvgIpc) is 3.14. The van der Waals surface area contributed by atoms with E-state index in [9.17, 15) is 9.50 Å². The first-order valence-electron chi connectivity index (χ1n) is 8.73. The van der Waals surface area contributed by atoms with E-state index in [1.807, 2.05) is 18.2 Å². The molecule has 4 rings (SSSR count). The molecule has 25 heavy (non-hydrogen) atoms. The smallest absolute Gasteiger partial charge is 0.165 e. The van der Waals surface area contributed by atoms with E-state index in [-0.39, 0.29) is 11.9 Å². The molecule has 3 nitrogen and oxygen atoms in total. The fourth-order valence-corrected chi connectivity index (χ4v) is 4.84. The number of hydrogen-bond acceptors (Lipinski definition) is 4. The van der Waals surface area contributed by atoms with E-state index in [1.165, 1.54) is 11.0 Å². The van der Waals surface area contributed by atoms with Crippen molar-refractivity contribution in [3.63, 3.8) is 0 Å². The molecule has 1 aliphatic carbocycles. The summed E-state index contributed by atoms with van der Waals surface area (Å²) < 4.78 is 19.6. The summed E-state index contributed by atoms with van der Waals surface area (Å²) in [5, 5.41) is 9.34. The van der Waals surface area contributed by atoms with Gasteiger partial charge >= 0.3 is 0 Å². The number of nitrogens with zero attached hydrogens (tertiary/aromatic N) is 1. The van der Waals surface area contributed by atoms with Crippen LogP contribution in [0.4, 0.5) is 4.39 Å². The maximum absolute atomic E-state index is 13.7. The first-order valence-corrected chi connectivity index (χ1v) is 9.71. The Balaban J connectivity index is 1.26. The van der Waals surface area contributed by atoms with Gasteiger partial charge in [-0.2, -0.15) is 0 Å². The molecule has 2 fully saturated rings. The largest absolute Gasteiger partial charge is 0.508 e. The highest BCUT2D eigenvalue weighted by atomic mass is 32.2. The Bertz CT molecular complexity index is 710. The van der Waals surface area contributed by atoms with E-state index in [1.54, 1.807) is 36.0 Å². The molecule has 0 aromatic heterocycles.